The Labute approximate surface area is 69.8 Å². The van der Waals surface area contributed by atoms with Gasteiger partial charge in [0, 0.05) is 15.8 Å². The van der Waals surface area contributed by atoms with Crippen molar-refractivity contribution >= 4 is 29.3 Å². The number of aromatic nitrogens is 1. The molecule has 3 N–H and O–H groups in total. The molecule has 0 aliphatic carbocycles. The molecule has 56 valence electrons. The molecule has 0 radical (unpaired) electrons. The fourth-order valence-electron chi connectivity index (χ4n) is 1.14. The van der Waals surface area contributed by atoms with Crippen molar-refractivity contribution in [1.29, 1.82) is 0 Å². The third-order valence-corrected chi connectivity index (χ3v) is 1.90. The van der Waals surface area contributed by atoms with Crippen LogP contribution in [-0.4, -0.2) is 4.98 Å². The maximum Gasteiger partial charge on any atom is 0.101 e. The van der Waals surface area contributed by atoms with Gasteiger partial charge in [0.1, 0.15) is 5.82 Å². The van der Waals surface area contributed by atoms with Crippen molar-refractivity contribution in [3.05, 3.63) is 24.3 Å². The number of aromatic amines is 1. The number of H-pyrrole nitrogens is 1. The zero-order valence-corrected chi connectivity index (χ0v) is 6.73. The molecule has 0 saturated carbocycles. The van der Waals surface area contributed by atoms with Crippen LogP contribution in [0.1, 0.15) is 0 Å². The number of thiol groups is 1. The van der Waals surface area contributed by atoms with Gasteiger partial charge in [-0.05, 0) is 24.3 Å². The van der Waals surface area contributed by atoms with Crippen molar-refractivity contribution < 1.29 is 0 Å². The second-order valence-corrected chi connectivity index (χ2v) is 3.01. The van der Waals surface area contributed by atoms with Gasteiger partial charge in [-0.15, -0.1) is 12.6 Å². The van der Waals surface area contributed by atoms with Crippen molar-refractivity contribution in [2.24, 2.45) is 0 Å². The van der Waals surface area contributed by atoms with Gasteiger partial charge in [0.05, 0.1) is 0 Å². The van der Waals surface area contributed by atoms with Gasteiger partial charge in [0.2, 0.25) is 0 Å². The Morgan fingerprint density at radius 3 is 2.91 bits per heavy atom. The third-order valence-electron chi connectivity index (χ3n) is 1.63. The molecular weight excluding hydrogens is 156 g/mol. The average Bonchev–Trinajstić information content (AvgIpc) is 2.27. The second kappa shape index (κ2) is 2.20. The number of anilines is 1. The van der Waals surface area contributed by atoms with Crippen molar-refractivity contribution in [3.63, 3.8) is 0 Å². The molecule has 0 bridgehead atoms. The van der Waals surface area contributed by atoms with E-state index in [-0.39, 0.29) is 0 Å². The number of nitrogens with two attached hydrogens (primary N) is 1. The monoisotopic (exact) mass is 164 g/mol. The Balaban J connectivity index is 2.82. The number of fused-ring (bicyclic) bond motifs is 1. The summed E-state index contributed by atoms with van der Waals surface area (Å²) in [4.78, 5) is 3.98. The predicted octanol–water partition coefficient (Wildman–Crippen LogP) is 2.04. The van der Waals surface area contributed by atoms with E-state index < -0.39 is 0 Å². The van der Waals surface area contributed by atoms with Crippen LogP contribution in [0.4, 0.5) is 5.82 Å². The molecule has 3 heteroatoms. The highest BCUT2D eigenvalue weighted by Gasteiger charge is 1.96. The Morgan fingerprint density at radius 2 is 2.09 bits per heavy atom. The second-order valence-electron chi connectivity index (χ2n) is 2.50. The van der Waals surface area contributed by atoms with Crippen LogP contribution in [0, 0.1) is 0 Å². The molecule has 2 nitrogen and oxygen atoms in total. The van der Waals surface area contributed by atoms with Gasteiger partial charge in [0.25, 0.3) is 0 Å². The lowest BCUT2D eigenvalue weighted by Crippen LogP contribution is -1.80. The molecule has 1 heterocycles. The molecule has 0 fully saturated rings. The molecule has 11 heavy (non-hydrogen) atoms. The summed E-state index contributed by atoms with van der Waals surface area (Å²) in [7, 11) is 0. The van der Waals surface area contributed by atoms with E-state index in [1.54, 1.807) is 0 Å². The largest absolute Gasteiger partial charge is 0.385 e. The Kier molecular flexibility index (Phi) is 1.32. The van der Waals surface area contributed by atoms with Crippen molar-refractivity contribution in [2.75, 3.05) is 5.73 Å². The summed E-state index contributed by atoms with van der Waals surface area (Å²) in [6, 6.07) is 7.77. The SMILES string of the molecule is Nc1cc2cc(S)ccc2[nH]1. The minimum absolute atomic E-state index is 0.693. The van der Waals surface area contributed by atoms with Crippen LogP contribution in [0.5, 0.6) is 0 Å². The summed E-state index contributed by atoms with van der Waals surface area (Å²) >= 11 is 4.21. The Bertz CT molecular complexity index is 392. The first-order valence-electron chi connectivity index (χ1n) is 3.33. The molecule has 0 unspecified atom stereocenters. The zero-order valence-electron chi connectivity index (χ0n) is 5.83. The van der Waals surface area contributed by atoms with Crippen LogP contribution >= 0.6 is 12.6 Å². The van der Waals surface area contributed by atoms with E-state index in [0.29, 0.717) is 5.82 Å². The van der Waals surface area contributed by atoms with Crippen molar-refractivity contribution in [2.45, 2.75) is 4.90 Å². The minimum atomic E-state index is 0.693. The van der Waals surface area contributed by atoms with E-state index in [0.717, 1.165) is 15.8 Å². The minimum Gasteiger partial charge on any atom is -0.385 e. The quantitative estimate of drug-likeness (QED) is 0.512. The Hall–Kier alpha value is -1.09. The lowest BCUT2D eigenvalue weighted by molar-refractivity contribution is 1.45. The summed E-state index contributed by atoms with van der Waals surface area (Å²) in [6.07, 6.45) is 0. The van der Waals surface area contributed by atoms with Crippen LogP contribution in [-0.2, 0) is 0 Å². The number of nitrogen functional groups attached to an aromatic ring is 1. The smallest absolute Gasteiger partial charge is 0.101 e. The summed E-state index contributed by atoms with van der Waals surface area (Å²) in [5, 5.41) is 1.11. The first-order valence-corrected chi connectivity index (χ1v) is 3.77. The number of rotatable bonds is 0. The lowest BCUT2D eigenvalue weighted by atomic mass is 10.2. The summed E-state index contributed by atoms with van der Waals surface area (Å²) in [5.74, 6) is 0.693. The summed E-state index contributed by atoms with van der Waals surface area (Å²) in [5.41, 5.74) is 6.62. The number of hydrogen-bond donors (Lipinski definition) is 3. The molecule has 0 amide bonds. The molecule has 1 aromatic carbocycles. The molecule has 0 saturated heterocycles. The van der Waals surface area contributed by atoms with E-state index >= 15 is 0 Å². The van der Waals surface area contributed by atoms with Crippen LogP contribution in [0.25, 0.3) is 10.9 Å². The van der Waals surface area contributed by atoms with Gasteiger partial charge in [-0.3, -0.25) is 0 Å². The molecule has 2 aromatic rings. The normalized spacial score (nSPS) is 10.6. The standard InChI is InChI=1S/C8H8N2S/c9-8-4-5-3-6(11)1-2-7(5)10-8/h1-4,10-11H,9H2. The lowest BCUT2D eigenvalue weighted by Gasteiger charge is -1.89. The van der Waals surface area contributed by atoms with Gasteiger partial charge in [-0.2, -0.15) is 0 Å². The summed E-state index contributed by atoms with van der Waals surface area (Å²) < 4.78 is 0. The highest BCUT2D eigenvalue weighted by Crippen LogP contribution is 2.19. The van der Waals surface area contributed by atoms with Gasteiger partial charge in [-0.25, -0.2) is 0 Å². The average molecular weight is 164 g/mol. The number of hydrogen-bond acceptors (Lipinski definition) is 2. The fourth-order valence-corrected chi connectivity index (χ4v) is 1.36. The molecule has 0 aliphatic rings. The van der Waals surface area contributed by atoms with Gasteiger partial charge in [-0.1, -0.05) is 0 Å². The highest BCUT2D eigenvalue weighted by atomic mass is 32.1. The summed E-state index contributed by atoms with van der Waals surface area (Å²) in [6.45, 7) is 0. The first kappa shape index (κ1) is 6.61. The maximum atomic E-state index is 5.56. The molecule has 0 aliphatic heterocycles. The molecular formula is C8H8N2S. The van der Waals surface area contributed by atoms with Crippen molar-refractivity contribution in [1.82, 2.24) is 4.98 Å². The van der Waals surface area contributed by atoms with E-state index in [1.807, 2.05) is 24.3 Å². The van der Waals surface area contributed by atoms with E-state index in [9.17, 15) is 0 Å². The van der Waals surface area contributed by atoms with Gasteiger partial charge in [0.15, 0.2) is 0 Å². The van der Waals surface area contributed by atoms with E-state index in [2.05, 4.69) is 17.6 Å². The molecule has 1 aromatic heterocycles. The van der Waals surface area contributed by atoms with E-state index in [4.69, 9.17) is 5.73 Å². The predicted molar refractivity (Wildman–Crippen MR) is 50.0 cm³/mol. The topological polar surface area (TPSA) is 41.8 Å². The molecule has 0 spiro atoms. The molecule has 2 rings (SSSR count). The number of nitrogens with one attached hydrogen (secondary N) is 1. The third kappa shape index (κ3) is 1.07. The van der Waals surface area contributed by atoms with Crippen LogP contribution in [0.3, 0.4) is 0 Å². The Morgan fingerprint density at radius 1 is 1.27 bits per heavy atom. The van der Waals surface area contributed by atoms with Crippen LogP contribution < -0.4 is 5.73 Å². The molecule has 0 atom stereocenters. The zero-order chi connectivity index (χ0) is 7.84. The van der Waals surface area contributed by atoms with Crippen LogP contribution in [0.15, 0.2) is 29.2 Å². The maximum absolute atomic E-state index is 5.56. The first-order chi connectivity index (χ1) is 5.25. The highest BCUT2D eigenvalue weighted by molar-refractivity contribution is 7.80. The van der Waals surface area contributed by atoms with Gasteiger partial charge >= 0.3 is 0 Å². The number of benzene rings is 1. The van der Waals surface area contributed by atoms with E-state index in [1.165, 1.54) is 0 Å². The van der Waals surface area contributed by atoms with Crippen molar-refractivity contribution in [3.8, 4) is 0 Å². The van der Waals surface area contributed by atoms with Crippen LogP contribution in [0.2, 0.25) is 0 Å². The fraction of sp³-hybridized carbons (Fsp3) is 0. The van der Waals surface area contributed by atoms with Gasteiger partial charge < -0.3 is 10.7 Å².